The monoisotopic (exact) mass is 265 g/mol. The zero-order valence-corrected chi connectivity index (χ0v) is 12.2. The second-order valence-electron chi connectivity index (χ2n) is 5.61. The van der Waals surface area contributed by atoms with Gasteiger partial charge in [-0.15, -0.1) is 0 Å². The maximum Gasteiger partial charge on any atom is 0.138 e. The van der Waals surface area contributed by atoms with Crippen molar-refractivity contribution in [3.63, 3.8) is 0 Å². The Labute approximate surface area is 113 Å². The third kappa shape index (κ3) is 2.78. The number of hydrogen-bond acceptors (Lipinski definition) is 2. The van der Waals surface area contributed by atoms with Crippen LogP contribution in [0.2, 0.25) is 5.02 Å². The first kappa shape index (κ1) is 13.2. The largest absolute Gasteiger partial charge is 0.365 e. The van der Waals surface area contributed by atoms with Crippen LogP contribution in [0.4, 0.5) is 5.82 Å². The molecule has 0 radical (unpaired) electrons. The summed E-state index contributed by atoms with van der Waals surface area (Å²) in [5.41, 5.74) is 2.05. The second-order valence-corrected chi connectivity index (χ2v) is 6.04. The Morgan fingerprint density at radius 1 is 1.33 bits per heavy atom. The van der Waals surface area contributed by atoms with Crippen molar-refractivity contribution < 1.29 is 0 Å². The summed E-state index contributed by atoms with van der Waals surface area (Å²) in [6.45, 7) is 8.60. The lowest BCUT2D eigenvalue weighted by Crippen LogP contribution is -2.27. The average Bonchev–Trinajstić information content (AvgIpc) is 2.56. The molecule has 2 heterocycles. The van der Waals surface area contributed by atoms with E-state index >= 15 is 0 Å². The van der Waals surface area contributed by atoms with Crippen LogP contribution in [-0.2, 0) is 6.42 Å². The van der Waals surface area contributed by atoms with Gasteiger partial charge in [0.1, 0.15) is 11.5 Å². The standard InChI is InChI=1S/C14H20ClN3/c1-5-6-11-13(17-14(2,3)4)18-9-10(15)7-8-12(18)16-11/h7-9,17H,5-6H2,1-4H3. The van der Waals surface area contributed by atoms with Crippen molar-refractivity contribution in [2.45, 2.75) is 46.1 Å². The van der Waals surface area contributed by atoms with Gasteiger partial charge in [0, 0.05) is 11.7 Å². The summed E-state index contributed by atoms with van der Waals surface area (Å²) >= 11 is 6.07. The van der Waals surface area contributed by atoms with Crippen molar-refractivity contribution in [2.24, 2.45) is 0 Å². The van der Waals surface area contributed by atoms with Crippen LogP contribution in [0.1, 0.15) is 39.8 Å². The molecule has 0 aliphatic heterocycles. The molecule has 0 atom stereocenters. The number of rotatable bonds is 3. The number of pyridine rings is 1. The molecule has 0 aromatic carbocycles. The molecule has 0 spiro atoms. The van der Waals surface area contributed by atoms with E-state index in [-0.39, 0.29) is 5.54 Å². The van der Waals surface area contributed by atoms with Gasteiger partial charge in [-0.25, -0.2) is 4.98 Å². The smallest absolute Gasteiger partial charge is 0.138 e. The molecule has 0 fully saturated rings. The van der Waals surface area contributed by atoms with E-state index in [4.69, 9.17) is 11.6 Å². The highest BCUT2D eigenvalue weighted by Crippen LogP contribution is 2.24. The summed E-state index contributed by atoms with van der Waals surface area (Å²) in [5, 5.41) is 4.25. The van der Waals surface area contributed by atoms with Gasteiger partial charge in [0.15, 0.2) is 0 Å². The molecule has 0 unspecified atom stereocenters. The molecule has 0 amide bonds. The summed E-state index contributed by atoms with van der Waals surface area (Å²) in [5.74, 6) is 1.06. The first-order valence-corrected chi connectivity index (χ1v) is 6.73. The van der Waals surface area contributed by atoms with E-state index in [2.05, 4.69) is 38.0 Å². The minimum atomic E-state index is 0.000766. The van der Waals surface area contributed by atoms with Gasteiger partial charge in [0.05, 0.1) is 10.7 Å². The van der Waals surface area contributed by atoms with Crippen molar-refractivity contribution in [3.8, 4) is 0 Å². The van der Waals surface area contributed by atoms with E-state index in [0.29, 0.717) is 0 Å². The Morgan fingerprint density at radius 3 is 2.67 bits per heavy atom. The van der Waals surface area contributed by atoms with Gasteiger partial charge in [-0.2, -0.15) is 0 Å². The van der Waals surface area contributed by atoms with E-state index in [1.807, 2.05) is 22.7 Å². The maximum atomic E-state index is 6.07. The molecule has 1 N–H and O–H groups in total. The van der Waals surface area contributed by atoms with Gasteiger partial charge in [0.25, 0.3) is 0 Å². The lowest BCUT2D eigenvalue weighted by atomic mass is 10.1. The molecule has 98 valence electrons. The van der Waals surface area contributed by atoms with Crippen LogP contribution in [0.3, 0.4) is 0 Å². The summed E-state index contributed by atoms with van der Waals surface area (Å²) in [7, 11) is 0. The van der Waals surface area contributed by atoms with E-state index in [9.17, 15) is 0 Å². The Hall–Kier alpha value is -1.22. The summed E-state index contributed by atoms with van der Waals surface area (Å²) in [6.07, 6.45) is 3.96. The maximum absolute atomic E-state index is 6.07. The lowest BCUT2D eigenvalue weighted by molar-refractivity contribution is 0.627. The van der Waals surface area contributed by atoms with Crippen LogP contribution in [0.5, 0.6) is 0 Å². The molecule has 0 saturated heterocycles. The average molecular weight is 266 g/mol. The van der Waals surface area contributed by atoms with E-state index in [0.717, 1.165) is 35.0 Å². The van der Waals surface area contributed by atoms with Gasteiger partial charge in [0.2, 0.25) is 0 Å². The van der Waals surface area contributed by atoms with E-state index in [1.54, 1.807) is 0 Å². The number of nitrogens with one attached hydrogen (secondary N) is 1. The van der Waals surface area contributed by atoms with Crippen LogP contribution in [0.25, 0.3) is 5.65 Å². The molecule has 0 aliphatic rings. The third-order valence-corrected chi connectivity index (χ3v) is 2.86. The number of anilines is 1. The molecular formula is C14H20ClN3. The summed E-state index contributed by atoms with van der Waals surface area (Å²) < 4.78 is 2.04. The molecule has 4 heteroatoms. The first-order chi connectivity index (χ1) is 8.40. The van der Waals surface area contributed by atoms with Gasteiger partial charge in [-0.1, -0.05) is 24.9 Å². The fourth-order valence-corrected chi connectivity index (χ4v) is 2.13. The van der Waals surface area contributed by atoms with Crippen molar-refractivity contribution in [3.05, 3.63) is 29.0 Å². The van der Waals surface area contributed by atoms with Gasteiger partial charge >= 0.3 is 0 Å². The van der Waals surface area contributed by atoms with E-state index < -0.39 is 0 Å². The molecule has 2 aromatic rings. The topological polar surface area (TPSA) is 29.3 Å². The van der Waals surface area contributed by atoms with Crippen LogP contribution in [0, 0.1) is 0 Å². The molecule has 0 bridgehead atoms. The van der Waals surface area contributed by atoms with Crippen molar-refractivity contribution in [2.75, 3.05) is 5.32 Å². The number of aryl methyl sites for hydroxylation is 1. The van der Waals surface area contributed by atoms with Crippen molar-refractivity contribution >= 4 is 23.1 Å². The number of halogens is 1. The molecule has 2 aromatic heterocycles. The highest BCUT2D eigenvalue weighted by atomic mass is 35.5. The van der Waals surface area contributed by atoms with E-state index in [1.165, 1.54) is 0 Å². The first-order valence-electron chi connectivity index (χ1n) is 6.35. The van der Waals surface area contributed by atoms with Gasteiger partial charge in [-0.05, 0) is 39.3 Å². The molecule has 18 heavy (non-hydrogen) atoms. The molecule has 0 saturated carbocycles. The Balaban J connectivity index is 2.57. The highest BCUT2D eigenvalue weighted by Gasteiger charge is 2.17. The number of aromatic nitrogens is 2. The Kier molecular flexibility index (Phi) is 3.53. The Morgan fingerprint density at radius 2 is 2.06 bits per heavy atom. The second kappa shape index (κ2) is 4.81. The number of nitrogens with zero attached hydrogens (tertiary/aromatic N) is 2. The van der Waals surface area contributed by atoms with Crippen LogP contribution < -0.4 is 5.32 Å². The van der Waals surface area contributed by atoms with Gasteiger partial charge < -0.3 is 5.32 Å². The van der Waals surface area contributed by atoms with Crippen LogP contribution in [0.15, 0.2) is 18.3 Å². The van der Waals surface area contributed by atoms with Crippen molar-refractivity contribution in [1.82, 2.24) is 9.38 Å². The SMILES string of the molecule is CCCc1nc2ccc(Cl)cn2c1NC(C)(C)C. The molecular weight excluding hydrogens is 246 g/mol. The minimum Gasteiger partial charge on any atom is -0.365 e. The molecule has 0 aliphatic carbocycles. The summed E-state index contributed by atoms with van der Waals surface area (Å²) in [4.78, 5) is 4.67. The molecule has 2 rings (SSSR count). The van der Waals surface area contributed by atoms with Crippen LogP contribution in [-0.4, -0.2) is 14.9 Å². The fourth-order valence-electron chi connectivity index (χ4n) is 1.97. The summed E-state index contributed by atoms with van der Waals surface area (Å²) in [6, 6.07) is 3.83. The predicted molar refractivity (Wildman–Crippen MR) is 77.6 cm³/mol. The van der Waals surface area contributed by atoms with Crippen molar-refractivity contribution in [1.29, 1.82) is 0 Å². The minimum absolute atomic E-state index is 0.000766. The zero-order valence-electron chi connectivity index (χ0n) is 11.4. The third-order valence-electron chi connectivity index (χ3n) is 2.63. The Bertz CT molecular complexity index is 552. The molecule has 3 nitrogen and oxygen atoms in total. The highest BCUT2D eigenvalue weighted by molar-refractivity contribution is 6.30. The quantitative estimate of drug-likeness (QED) is 0.903. The predicted octanol–water partition coefficient (Wildman–Crippen LogP) is 4.15. The number of fused-ring (bicyclic) bond motifs is 1. The normalized spacial score (nSPS) is 12.1. The number of imidazole rings is 1. The fraction of sp³-hybridized carbons (Fsp3) is 0.500. The lowest BCUT2D eigenvalue weighted by Gasteiger charge is -2.22. The number of hydrogen-bond donors (Lipinski definition) is 1. The zero-order chi connectivity index (χ0) is 13.3. The van der Waals surface area contributed by atoms with Gasteiger partial charge in [-0.3, -0.25) is 4.40 Å². The van der Waals surface area contributed by atoms with Crippen LogP contribution >= 0.6 is 11.6 Å².